The molecule has 128 valence electrons. The first-order valence-electron chi connectivity index (χ1n) is 8.16. The Morgan fingerprint density at radius 3 is 3.08 bits per heavy atom. The van der Waals surface area contributed by atoms with Gasteiger partial charge in [-0.2, -0.15) is 0 Å². The Morgan fingerprint density at radius 2 is 2.36 bits per heavy atom. The molecule has 2 bridgehead atoms. The number of pyridine rings is 1. The van der Waals surface area contributed by atoms with Crippen molar-refractivity contribution in [1.82, 2.24) is 15.2 Å². The summed E-state index contributed by atoms with van der Waals surface area (Å²) >= 11 is 0. The SMILES string of the molecule is COC(=O)C#Cc1coc2cnc(C(=O)NC3CC4CCN3C4)cc12. The van der Waals surface area contributed by atoms with Crippen LogP contribution in [0.15, 0.2) is 22.9 Å². The second-order valence-electron chi connectivity index (χ2n) is 6.33. The largest absolute Gasteiger partial charge is 0.461 e. The summed E-state index contributed by atoms with van der Waals surface area (Å²) in [6.45, 7) is 2.10. The van der Waals surface area contributed by atoms with Crippen LogP contribution < -0.4 is 5.32 Å². The van der Waals surface area contributed by atoms with Crippen LogP contribution in [0.3, 0.4) is 0 Å². The van der Waals surface area contributed by atoms with E-state index >= 15 is 0 Å². The zero-order chi connectivity index (χ0) is 17.4. The number of rotatable bonds is 2. The van der Waals surface area contributed by atoms with E-state index in [2.05, 4.69) is 31.8 Å². The summed E-state index contributed by atoms with van der Waals surface area (Å²) in [5.41, 5.74) is 1.33. The molecule has 2 aliphatic heterocycles. The molecule has 2 saturated heterocycles. The molecule has 2 aromatic rings. The molecule has 0 spiro atoms. The average Bonchev–Trinajstić information content (AvgIpc) is 3.34. The molecule has 25 heavy (non-hydrogen) atoms. The lowest BCUT2D eigenvalue weighted by atomic mass is 10.0. The van der Waals surface area contributed by atoms with Crippen LogP contribution in [0, 0.1) is 17.8 Å². The van der Waals surface area contributed by atoms with E-state index in [-0.39, 0.29) is 12.1 Å². The molecule has 3 unspecified atom stereocenters. The van der Waals surface area contributed by atoms with Crippen LogP contribution in [-0.4, -0.2) is 48.1 Å². The number of piperidine rings is 1. The minimum absolute atomic E-state index is 0.0895. The van der Waals surface area contributed by atoms with Gasteiger partial charge in [0.15, 0.2) is 5.58 Å². The lowest BCUT2D eigenvalue weighted by Crippen LogP contribution is -2.45. The second kappa shape index (κ2) is 6.22. The highest BCUT2D eigenvalue weighted by Crippen LogP contribution is 2.31. The number of esters is 1. The van der Waals surface area contributed by atoms with Gasteiger partial charge in [-0.25, -0.2) is 9.78 Å². The van der Waals surface area contributed by atoms with E-state index in [1.807, 2.05) is 0 Å². The van der Waals surface area contributed by atoms with Crippen LogP contribution in [0.2, 0.25) is 0 Å². The van der Waals surface area contributed by atoms with Crippen molar-refractivity contribution in [2.24, 2.45) is 5.92 Å². The zero-order valence-corrected chi connectivity index (χ0v) is 13.7. The van der Waals surface area contributed by atoms with Gasteiger partial charge in [0, 0.05) is 24.4 Å². The van der Waals surface area contributed by atoms with Crippen molar-refractivity contribution in [3.63, 3.8) is 0 Å². The van der Waals surface area contributed by atoms with Crippen LogP contribution >= 0.6 is 0 Å². The number of ether oxygens (including phenoxy) is 1. The minimum Gasteiger partial charge on any atom is -0.461 e. The molecule has 1 amide bonds. The first-order chi connectivity index (χ1) is 12.1. The van der Waals surface area contributed by atoms with Crippen molar-refractivity contribution >= 4 is 22.8 Å². The van der Waals surface area contributed by atoms with Crippen molar-refractivity contribution in [3.05, 3.63) is 29.8 Å². The van der Waals surface area contributed by atoms with E-state index in [0.717, 1.165) is 19.5 Å². The Bertz CT molecular complexity index is 908. The van der Waals surface area contributed by atoms with Gasteiger partial charge in [0.2, 0.25) is 0 Å². The Labute approximate surface area is 144 Å². The number of amides is 1. The summed E-state index contributed by atoms with van der Waals surface area (Å²) in [6, 6.07) is 1.64. The number of hydrogen-bond acceptors (Lipinski definition) is 6. The molecule has 0 aliphatic carbocycles. The first kappa shape index (κ1) is 15.7. The Morgan fingerprint density at radius 1 is 1.48 bits per heavy atom. The molecular formula is C18H17N3O4. The predicted molar refractivity (Wildman–Crippen MR) is 88.5 cm³/mol. The molecule has 4 heterocycles. The lowest BCUT2D eigenvalue weighted by Gasteiger charge is -2.25. The fraction of sp³-hybridized carbons (Fsp3) is 0.389. The van der Waals surface area contributed by atoms with E-state index in [0.29, 0.717) is 28.1 Å². The number of aromatic nitrogens is 1. The molecule has 4 rings (SSSR count). The number of carbonyl (C=O) groups is 2. The van der Waals surface area contributed by atoms with Crippen LogP contribution in [0.4, 0.5) is 0 Å². The number of hydrogen-bond donors (Lipinski definition) is 1. The molecule has 0 radical (unpaired) electrons. The molecule has 2 aliphatic rings. The van der Waals surface area contributed by atoms with E-state index in [1.165, 1.54) is 26.0 Å². The number of fused-ring (bicyclic) bond motifs is 3. The predicted octanol–water partition coefficient (Wildman–Crippen LogP) is 1.13. The Kier molecular flexibility index (Phi) is 3.90. The van der Waals surface area contributed by atoms with E-state index in [4.69, 9.17) is 4.42 Å². The summed E-state index contributed by atoms with van der Waals surface area (Å²) in [7, 11) is 1.27. The molecule has 0 aromatic carbocycles. The summed E-state index contributed by atoms with van der Waals surface area (Å²) in [5.74, 6) is 4.89. The van der Waals surface area contributed by atoms with Gasteiger partial charge < -0.3 is 14.5 Å². The topological polar surface area (TPSA) is 84.7 Å². The molecular weight excluding hydrogens is 322 g/mol. The van der Waals surface area contributed by atoms with Gasteiger partial charge >= 0.3 is 5.97 Å². The van der Waals surface area contributed by atoms with Gasteiger partial charge in [-0.3, -0.25) is 9.69 Å². The number of furan rings is 1. The summed E-state index contributed by atoms with van der Waals surface area (Å²) < 4.78 is 9.86. The van der Waals surface area contributed by atoms with Gasteiger partial charge in [-0.05, 0) is 24.8 Å². The highest BCUT2D eigenvalue weighted by atomic mass is 16.5. The lowest BCUT2D eigenvalue weighted by molar-refractivity contribution is -0.133. The number of nitrogens with one attached hydrogen (secondary N) is 1. The molecule has 2 fully saturated rings. The van der Waals surface area contributed by atoms with Gasteiger partial charge in [0.1, 0.15) is 12.0 Å². The van der Waals surface area contributed by atoms with Crippen LogP contribution in [0.1, 0.15) is 28.9 Å². The maximum absolute atomic E-state index is 12.5. The fourth-order valence-corrected chi connectivity index (χ4v) is 3.50. The van der Waals surface area contributed by atoms with Crippen molar-refractivity contribution in [2.75, 3.05) is 20.2 Å². The third kappa shape index (κ3) is 2.96. The van der Waals surface area contributed by atoms with Crippen molar-refractivity contribution < 1.29 is 18.7 Å². The summed E-state index contributed by atoms with van der Waals surface area (Å²) in [5, 5.41) is 3.69. The molecule has 3 atom stereocenters. The molecule has 7 nitrogen and oxygen atoms in total. The van der Waals surface area contributed by atoms with Gasteiger partial charge in [0.05, 0.1) is 25.0 Å². The standard InChI is InChI=1S/C18H17N3O4/c1-24-17(22)3-2-12-10-25-15-8-19-14(7-13(12)15)18(23)20-16-6-11-4-5-21(16)9-11/h7-8,10-11,16H,4-6,9H2,1H3,(H,20,23). The number of nitrogens with zero attached hydrogens (tertiary/aromatic N) is 2. The van der Waals surface area contributed by atoms with E-state index in [9.17, 15) is 9.59 Å². The average molecular weight is 339 g/mol. The van der Waals surface area contributed by atoms with Crippen LogP contribution in [0.25, 0.3) is 11.0 Å². The van der Waals surface area contributed by atoms with E-state index in [1.54, 1.807) is 6.07 Å². The number of methoxy groups -OCH3 is 1. The highest BCUT2D eigenvalue weighted by Gasteiger charge is 2.38. The fourth-order valence-electron chi connectivity index (χ4n) is 3.50. The quantitative estimate of drug-likeness (QED) is 0.652. The third-order valence-corrected chi connectivity index (χ3v) is 4.79. The Hall–Kier alpha value is -2.85. The second-order valence-corrected chi connectivity index (χ2v) is 6.33. The summed E-state index contributed by atoms with van der Waals surface area (Å²) in [4.78, 5) is 30.2. The molecule has 1 N–H and O–H groups in total. The zero-order valence-electron chi connectivity index (χ0n) is 13.7. The van der Waals surface area contributed by atoms with Gasteiger partial charge in [-0.15, -0.1) is 0 Å². The van der Waals surface area contributed by atoms with Crippen molar-refractivity contribution in [2.45, 2.75) is 19.0 Å². The monoisotopic (exact) mass is 339 g/mol. The van der Waals surface area contributed by atoms with Crippen LogP contribution in [0.5, 0.6) is 0 Å². The maximum atomic E-state index is 12.5. The van der Waals surface area contributed by atoms with Crippen LogP contribution in [-0.2, 0) is 9.53 Å². The summed E-state index contributed by atoms with van der Waals surface area (Å²) in [6.07, 6.45) is 5.23. The van der Waals surface area contributed by atoms with Crippen molar-refractivity contribution in [1.29, 1.82) is 0 Å². The smallest absolute Gasteiger partial charge is 0.384 e. The van der Waals surface area contributed by atoms with Crippen molar-refractivity contribution in [3.8, 4) is 11.8 Å². The normalized spacial score (nSPS) is 24.0. The molecule has 0 saturated carbocycles. The minimum atomic E-state index is -0.633. The maximum Gasteiger partial charge on any atom is 0.384 e. The van der Waals surface area contributed by atoms with E-state index < -0.39 is 5.97 Å². The number of carbonyl (C=O) groups excluding carboxylic acids is 2. The molecule has 2 aromatic heterocycles. The highest BCUT2D eigenvalue weighted by molar-refractivity contribution is 5.97. The third-order valence-electron chi connectivity index (χ3n) is 4.79. The first-order valence-corrected chi connectivity index (χ1v) is 8.16. The molecule has 7 heteroatoms. The van der Waals surface area contributed by atoms with Gasteiger partial charge in [0.25, 0.3) is 5.91 Å². The van der Waals surface area contributed by atoms with Gasteiger partial charge in [-0.1, -0.05) is 5.92 Å². The Balaban J connectivity index is 1.56.